The lowest BCUT2D eigenvalue weighted by atomic mass is 9.75. The summed E-state index contributed by atoms with van der Waals surface area (Å²) in [4.78, 5) is 2.47. The minimum atomic E-state index is -0.211. The fourth-order valence-corrected chi connectivity index (χ4v) is 9.27. The normalized spacial score (nSPS) is 14.6. The van der Waals surface area contributed by atoms with Crippen molar-refractivity contribution in [1.29, 1.82) is 0 Å². The third-order valence-electron chi connectivity index (χ3n) is 12.0. The van der Waals surface area contributed by atoms with E-state index in [1.807, 2.05) is 0 Å². The summed E-state index contributed by atoms with van der Waals surface area (Å²) in [6, 6.07) is 58.7. The van der Waals surface area contributed by atoms with Gasteiger partial charge in [-0.1, -0.05) is 170 Å². The molecule has 0 aliphatic heterocycles. The molecule has 0 amide bonds. The van der Waals surface area contributed by atoms with Gasteiger partial charge in [0.05, 0.1) is 0 Å². The van der Waals surface area contributed by atoms with E-state index in [9.17, 15) is 0 Å². The Bertz CT molecular complexity index is 2510. The second-order valence-corrected chi connectivity index (χ2v) is 17.0. The van der Waals surface area contributed by atoms with Gasteiger partial charge >= 0.3 is 0 Å². The van der Waals surface area contributed by atoms with Crippen molar-refractivity contribution in [3.05, 3.63) is 186 Å². The Kier molecular flexibility index (Phi) is 7.48. The predicted octanol–water partition coefficient (Wildman–Crippen LogP) is 14.4. The molecule has 0 saturated heterocycles. The van der Waals surface area contributed by atoms with Crippen LogP contribution in [0.4, 0.5) is 17.1 Å². The molecule has 53 heavy (non-hydrogen) atoms. The van der Waals surface area contributed by atoms with E-state index in [0.717, 1.165) is 5.69 Å². The highest BCUT2D eigenvalue weighted by molar-refractivity contribution is 5.93. The fraction of sp³-hybridized carbons (Fsp3) is 0.192. The van der Waals surface area contributed by atoms with Crippen molar-refractivity contribution in [3.8, 4) is 44.5 Å². The minimum Gasteiger partial charge on any atom is -0.310 e. The highest BCUT2D eigenvalue weighted by Gasteiger charge is 2.41. The maximum Gasteiger partial charge on any atom is 0.0465 e. The van der Waals surface area contributed by atoms with Crippen LogP contribution >= 0.6 is 0 Å². The van der Waals surface area contributed by atoms with Crippen molar-refractivity contribution in [1.82, 2.24) is 0 Å². The zero-order chi connectivity index (χ0) is 36.7. The van der Waals surface area contributed by atoms with Gasteiger partial charge in [0.1, 0.15) is 0 Å². The van der Waals surface area contributed by atoms with Crippen LogP contribution in [0.5, 0.6) is 0 Å². The molecule has 0 unspecified atom stereocenters. The van der Waals surface area contributed by atoms with Crippen LogP contribution in [0.25, 0.3) is 44.5 Å². The fourth-order valence-electron chi connectivity index (χ4n) is 9.27. The minimum absolute atomic E-state index is 0.00298. The summed E-state index contributed by atoms with van der Waals surface area (Å²) in [5.74, 6) is 0. The van der Waals surface area contributed by atoms with Crippen LogP contribution in [0.3, 0.4) is 0 Å². The molecule has 0 spiro atoms. The molecule has 7 aromatic rings. The molecular weight excluding hydrogens is 639 g/mol. The molecule has 9 rings (SSSR count). The first-order valence-corrected chi connectivity index (χ1v) is 19.0. The molecule has 0 aromatic heterocycles. The number of anilines is 3. The second-order valence-electron chi connectivity index (χ2n) is 17.0. The summed E-state index contributed by atoms with van der Waals surface area (Å²) in [5.41, 5.74) is 20.6. The van der Waals surface area contributed by atoms with E-state index in [0.29, 0.717) is 0 Å². The van der Waals surface area contributed by atoms with Crippen molar-refractivity contribution >= 4 is 17.1 Å². The summed E-state index contributed by atoms with van der Waals surface area (Å²) in [6.45, 7) is 16.6. The summed E-state index contributed by atoms with van der Waals surface area (Å²) >= 11 is 0. The Balaban J connectivity index is 1.24. The van der Waals surface area contributed by atoms with Crippen LogP contribution in [0.15, 0.2) is 158 Å². The Hall–Kier alpha value is -5.66. The zero-order valence-corrected chi connectivity index (χ0v) is 32.0. The maximum absolute atomic E-state index is 2.48. The molecule has 2 aliphatic rings. The van der Waals surface area contributed by atoms with Gasteiger partial charge in [-0.25, -0.2) is 0 Å². The van der Waals surface area contributed by atoms with Crippen LogP contribution in [-0.2, 0) is 16.2 Å². The molecule has 1 heteroatoms. The molecule has 0 N–H and O–H groups in total. The highest BCUT2D eigenvalue weighted by Crippen LogP contribution is 2.57. The average molecular weight is 686 g/mol. The Morgan fingerprint density at radius 3 is 1.53 bits per heavy atom. The van der Waals surface area contributed by atoms with Gasteiger partial charge in [0.25, 0.3) is 0 Å². The molecule has 0 radical (unpaired) electrons. The van der Waals surface area contributed by atoms with Gasteiger partial charge in [0.15, 0.2) is 0 Å². The van der Waals surface area contributed by atoms with Crippen molar-refractivity contribution in [2.45, 2.75) is 64.7 Å². The SMILES string of the molecule is CC(C)(C)c1ccc(-c2ccccc2)c2c1-c1ccc(N(c3ccc(-c4ccccc4)cc3)c3ccc4c(c3)C(C)(C)c3ccccc3-4)cc1C2(C)C. The summed E-state index contributed by atoms with van der Waals surface area (Å²) < 4.78 is 0. The number of hydrogen-bond acceptors (Lipinski definition) is 1. The topological polar surface area (TPSA) is 3.24 Å². The smallest absolute Gasteiger partial charge is 0.0465 e. The quantitative estimate of drug-likeness (QED) is 0.174. The first kappa shape index (κ1) is 33.2. The van der Waals surface area contributed by atoms with Crippen molar-refractivity contribution < 1.29 is 0 Å². The first-order valence-electron chi connectivity index (χ1n) is 19.0. The highest BCUT2D eigenvalue weighted by atomic mass is 15.1. The predicted molar refractivity (Wildman–Crippen MR) is 226 cm³/mol. The summed E-state index contributed by atoms with van der Waals surface area (Å²) in [5, 5.41) is 0. The van der Waals surface area contributed by atoms with E-state index >= 15 is 0 Å². The Labute approximate surface area is 315 Å². The number of rotatable bonds is 5. The molecule has 0 bridgehead atoms. The average Bonchev–Trinajstić information content (AvgIpc) is 3.55. The third-order valence-corrected chi connectivity index (χ3v) is 12.0. The van der Waals surface area contributed by atoms with E-state index in [4.69, 9.17) is 0 Å². The monoisotopic (exact) mass is 685 g/mol. The van der Waals surface area contributed by atoms with Gasteiger partial charge in [-0.15, -0.1) is 0 Å². The summed E-state index contributed by atoms with van der Waals surface area (Å²) in [6.07, 6.45) is 0. The first-order chi connectivity index (χ1) is 25.4. The lowest BCUT2D eigenvalue weighted by molar-refractivity contribution is 0.589. The van der Waals surface area contributed by atoms with Crippen molar-refractivity contribution in [3.63, 3.8) is 0 Å². The molecule has 0 saturated carbocycles. The van der Waals surface area contributed by atoms with Crippen molar-refractivity contribution in [2.24, 2.45) is 0 Å². The molecular formula is C52H47N. The lowest BCUT2D eigenvalue weighted by Gasteiger charge is -2.30. The molecule has 2 aliphatic carbocycles. The Morgan fingerprint density at radius 1 is 0.396 bits per heavy atom. The number of benzene rings is 7. The van der Waals surface area contributed by atoms with Gasteiger partial charge in [-0.2, -0.15) is 0 Å². The van der Waals surface area contributed by atoms with E-state index < -0.39 is 0 Å². The van der Waals surface area contributed by atoms with Crippen LogP contribution in [0.1, 0.15) is 76.3 Å². The van der Waals surface area contributed by atoms with Crippen LogP contribution in [0.2, 0.25) is 0 Å². The zero-order valence-electron chi connectivity index (χ0n) is 32.0. The van der Waals surface area contributed by atoms with E-state index in [2.05, 4.69) is 211 Å². The van der Waals surface area contributed by atoms with Gasteiger partial charge < -0.3 is 4.90 Å². The molecule has 260 valence electrons. The van der Waals surface area contributed by atoms with Crippen LogP contribution in [0, 0.1) is 0 Å². The molecule has 0 atom stereocenters. The third kappa shape index (κ3) is 5.20. The van der Waals surface area contributed by atoms with Crippen LogP contribution in [-0.4, -0.2) is 0 Å². The lowest BCUT2D eigenvalue weighted by Crippen LogP contribution is -2.19. The van der Waals surface area contributed by atoms with Gasteiger partial charge in [-0.05, 0) is 114 Å². The van der Waals surface area contributed by atoms with Crippen LogP contribution < -0.4 is 4.90 Å². The maximum atomic E-state index is 2.48. The standard InChI is InChI=1S/C52H47N/c1-50(2,3)45-31-30-40(36-18-12-9-13-19-36)49-48(45)43-29-27-39(33-47(43)52(49,6)7)53(37-24-22-35(23-25-37)34-16-10-8-11-17-34)38-26-28-42-41-20-14-15-21-44(41)51(4,5)46(42)32-38/h8-33H,1-7H3. The second kappa shape index (κ2) is 11.9. The number of fused-ring (bicyclic) bond motifs is 6. The molecule has 0 heterocycles. The van der Waals surface area contributed by atoms with Gasteiger partial charge in [0, 0.05) is 27.9 Å². The molecule has 7 aromatic carbocycles. The van der Waals surface area contributed by atoms with Crippen molar-refractivity contribution in [2.75, 3.05) is 4.90 Å². The number of nitrogens with zero attached hydrogens (tertiary/aromatic N) is 1. The van der Waals surface area contributed by atoms with E-state index in [-0.39, 0.29) is 16.2 Å². The number of hydrogen-bond donors (Lipinski definition) is 0. The molecule has 1 nitrogen and oxygen atoms in total. The van der Waals surface area contributed by atoms with E-state index in [1.54, 1.807) is 0 Å². The molecule has 0 fully saturated rings. The van der Waals surface area contributed by atoms with Gasteiger partial charge in [0.2, 0.25) is 0 Å². The van der Waals surface area contributed by atoms with E-state index in [1.165, 1.54) is 83.7 Å². The Morgan fingerprint density at radius 2 is 0.887 bits per heavy atom. The largest absolute Gasteiger partial charge is 0.310 e. The summed E-state index contributed by atoms with van der Waals surface area (Å²) in [7, 11) is 0. The van der Waals surface area contributed by atoms with Gasteiger partial charge in [-0.3, -0.25) is 0 Å².